The Kier molecular flexibility index (Phi) is 6.05. The molecule has 1 rings (SSSR count). The molecule has 6 heteroatoms. The van der Waals surface area contributed by atoms with Crippen LogP contribution in [0.1, 0.15) is 32.8 Å². The molecular weight excluding hydrogens is 313 g/mol. The predicted octanol–water partition coefficient (Wildman–Crippen LogP) is 3.54. The monoisotopic (exact) mass is 331 g/mol. The van der Waals surface area contributed by atoms with Gasteiger partial charge in [-0.2, -0.15) is 0 Å². The van der Waals surface area contributed by atoms with Crippen LogP contribution in [0.4, 0.5) is 0 Å². The van der Waals surface area contributed by atoms with Crippen molar-refractivity contribution in [2.45, 2.75) is 39.7 Å². The van der Waals surface area contributed by atoms with Crippen LogP contribution in [0.5, 0.6) is 0 Å². The summed E-state index contributed by atoms with van der Waals surface area (Å²) in [6, 6.07) is 4.54. The summed E-state index contributed by atoms with van der Waals surface area (Å²) in [6.07, 6.45) is 0.0136. The number of hydrogen-bond donors (Lipinski definition) is 2. The minimum Gasteiger partial charge on any atom is -0.481 e. The van der Waals surface area contributed by atoms with Gasteiger partial charge in [0, 0.05) is 6.04 Å². The van der Waals surface area contributed by atoms with Gasteiger partial charge in [-0.3, -0.25) is 9.59 Å². The molecule has 1 aromatic rings. The van der Waals surface area contributed by atoms with E-state index in [2.05, 4.69) is 5.32 Å². The second-order valence-electron chi connectivity index (χ2n) is 6.01. The Morgan fingerprint density at radius 1 is 1.24 bits per heavy atom. The molecule has 0 saturated carbocycles. The van der Waals surface area contributed by atoms with Crippen LogP contribution in [-0.4, -0.2) is 23.0 Å². The van der Waals surface area contributed by atoms with Gasteiger partial charge in [-0.05, 0) is 23.1 Å². The topological polar surface area (TPSA) is 66.4 Å². The van der Waals surface area contributed by atoms with Gasteiger partial charge in [0.25, 0.3) is 0 Å². The molecule has 0 saturated heterocycles. The number of rotatable bonds is 5. The van der Waals surface area contributed by atoms with Crippen LogP contribution in [0.3, 0.4) is 0 Å². The molecule has 21 heavy (non-hydrogen) atoms. The van der Waals surface area contributed by atoms with Gasteiger partial charge < -0.3 is 10.4 Å². The third-order valence-electron chi connectivity index (χ3n) is 3.11. The van der Waals surface area contributed by atoms with E-state index in [1.165, 1.54) is 0 Å². The predicted molar refractivity (Wildman–Crippen MR) is 83.8 cm³/mol. The largest absolute Gasteiger partial charge is 0.481 e. The normalized spacial score (nSPS) is 12.8. The molecule has 0 fully saturated rings. The number of carboxylic acids is 1. The number of benzene rings is 1. The number of hydrogen-bond acceptors (Lipinski definition) is 2. The van der Waals surface area contributed by atoms with Gasteiger partial charge in [0.2, 0.25) is 5.91 Å². The maximum atomic E-state index is 12.1. The quantitative estimate of drug-likeness (QED) is 0.867. The highest BCUT2D eigenvalue weighted by molar-refractivity contribution is 6.42. The first-order chi connectivity index (χ1) is 9.59. The fraction of sp³-hybridized carbons (Fsp3) is 0.467. The van der Waals surface area contributed by atoms with Gasteiger partial charge in [0.15, 0.2) is 0 Å². The Balaban J connectivity index is 2.73. The van der Waals surface area contributed by atoms with E-state index in [1.807, 2.05) is 20.8 Å². The summed E-state index contributed by atoms with van der Waals surface area (Å²) in [5.41, 5.74) is 0.385. The fourth-order valence-corrected chi connectivity index (χ4v) is 2.15. The maximum Gasteiger partial charge on any atom is 0.305 e. The first-order valence-electron chi connectivity index (χ1n) is 6.54. The molecule has 0 aliphatic heterocycles. The Morgan fingerprint density at radius 2 is 1.86 bits per heavy atom. The highest BCUT2D eigenvalue weighted by Crippen LogP contribution is 2.24. The molecule has 0 bridgehead atoms. The molecule has 0 aliphatic rings. The van der Waals surface area contributed by atoms with Crippen LogP contribution in [0, 0.1) is 5.41 Å². The first kappa shape index (κ1) is 17.8. The third kappa shape index (κ3) is 5.94. The smallest absolute Gasteiger partial charge is 0.305 e. The van der Waals surface area contributed by atoms with Crippen LogP contribution in [0.25, 0.3) is 0 Å². The van der Waals surface area contributed by atoms with E-state index in [9.17, 15) is 9.59 Å². The molecule has 1 unspecified atom stereocenters. The van der Waals surface area contributed by atoms with Crippen LogP contribution in [0.2, 0.25) is 10.0 Å². The van der Waals surface area contributed by atoms with Crippen molar-refractivity contribution in [3.8, 4) is 0 Å². The lowest BCUT2D eigenvalue weighted by atomic mass is 9.84. The van der Waals surface area contributed by atoms with E-state index in [4.69, 9.17) is 28.3 Å². The van der Waals surface area contributed by atoms with Crippen molar-refractivity contribution in [3.63, 3.8) is 0 Å². The second-order valence-corrected chi connectivity index (χ2v) is 6.82. The molecule has 0 aliphatic carbocycles. The minimum atomic E-state index is -0.940. The molecule has 4 nitrogen and oxygen atoms in total. The lowest BCUT2D eigenvalue weighted by Gasteiger charge is -2.30. The number of nitrogens with one attached hydrogen (secondary N) is 1. The summed E-state index contributed by atoms with van der Waals surface area (Å²) in [5.74, 6) is -1.18. The summed E-state index contributed by atoms with van der Waals surface area (Å²) in [5, 5.41) is 12.5. The van der Waals surface area contributed by atoms with Crippen molar-refractivity contribution in [2.75, 3.05) is 0 Å². The number of carbonyl (C=O) groups excluding carboxylic acids is 1. The Hall–Kier alpha value is -1.26. The summed E-state index contributed by atoms with van der Waals surface area (Å²) in [4.78, 5) is 23.0. The number of amides is 1. The van der Waals surface area contributed by atoms with Gasteiger partial charge in [-0.25, -0.2) is 0 Å². The molecular formula is C15H19Cl2NO3. The van der Waals surface area contributed by atoms with Crippen LogP contribution in [-0.2, 0) is 16.0 Å². The zero-order valence-electron chi connectivity index (χ0n) is 12.2. The highest BCUT2D eigenvalue weighted by atomic mass is 35.5. The van der Waals surface area contributed by atoms with Crippen molar-refractivity contribution < 1.29 is 14.7 Å². The van der Waals surface area contributed by atoms with Crippen molar-refractivity contribution in [2.24, 2.45) is 5.41 Å². The molecule has 2 N–H and O–H groups in total. The molecule has 0 radical (unpaired) electrons. The number of carbonyl (C=O) groups is 2. The summed E-state index contributed by atoms with van der Waals surface area (Å²) < 4.78 is 0. The van der Waals surface area contributed by atoms with E-state index in [0.717, 1.165) is 5.56 Å². The molecule has 0 aromatic heterocycles. The van der Waals surface area contributed by atoms with Crippen LogP contribution >= 0.6 is 23.2 Å². The molecule has 116 valence electrons. The lowest BCUT2D eigenvalue weighted by Crippen LogP contribution is -2.45. The SMILES string of the molecule is CC(C)(C)C(CC(=O)O)NC(=O)Cc1ccc(Cl)c(Cl)c1. The average Bonchev–Trinajstić information content (AvgIpc) is 2.31. The maximum absolute atomic E-state index is 12.1. The first-order valence-corrected chi connectivity index (χ1v) is 7.30. The fourth-order valence-electron chi connectivity index (χ4n) is 1.83. The molecule has 1 atom stereocenters. The van der Waals surface area contributed by atoms with Gasteiger partial charge in [-0.15, -0.1) is 0 Å². The number of aliphatic carboxylic acids is 1. The number of carboxylic acid groups (broad SMARTS) is 1. The van der Waals surface area contributed by atoms with Crippen molar-refractivity contribution in [3.05, 3.63) is 33.8 Å². The molecule has 1 amide bonds. The summed E-state index contributed by atoms with van der Waals surface area (Å²) in [6.45, 7) is 5.67. The number of halogens is 2. The average molecular weight is 332 g/mol. The van der Waals surface area contributed by atoms with E-state index in [-0.39, 0.29) is 24.2 Å². The summed E-state index contributed by atoms with van der Waals surface area (Å²) in [7, 11) is 0. The highest BCUT2D eigenvalue weighted by Gasteiger charge is 2.28. The van der Waals surface area contributed by atoms with Crippen molar-refractivity contribution in [1.82, 2.24) is 5.32 Å². The Morgan fingerprint density at radius 3 is 2.33 bits per heavy atom. The third-order valence-corrected chi connectivity index (χ3v) is 3.85. The molecule has 0 spiro atoms. The van der Waals surface area contributed by atoms with Gasteiger partial charge in [0.05, 0.1) is 22.9 Å². The van der Waals surface area contributed by atoms with Crippen LogP contribution in [0.15, 0.2) is 18.2 Å². The van der Waals surface area contributed by atoms with Crippen molar-refractivity contribution in [1.29, 1.82) is 0 Å². The molecule has 1 aromatic carbocycles. The Bertz CT molecular complexity index is 538. The van der Waals surface area contributed by atoms with Gasteiger partial charge in [-0.1, -0.05) is 50.0 Å². The zero-order chi connectivity index (χ0) is 16.2. The van der Waals surface area contributed by atoms with Gasteiger partial charge in [0.1, 0.15) is 0 Å². The minimum absolute atomic E-state index is 0.114. The summed E-state index contributed by atoms with van der Waals surface area (Å²) >= 11 is 11.7. The van der Waals surface area contributed by atoms with E-state index >= 15 is 0 Å². The van der Waals surface area contributed by atoms with Crippen LogP contribution < -0.4 is 5.32 Å². The van der Waals surface area contributed by atoms with Gasteiger partial charge >= 0.3 is 5.97 Å². The zero-order valence-corrected chi connectivity index (χ0v) is 13.8. The van der Waals surface area contributed by atoms with E-state index < -0.39 is 12.0 Å². The standard InChI is InChI=1S/C15H19Cl2NO3/c1-15(2,3)12(8-14(20)21)18-13(19)7-9-4-5-10(16)11(17)6-9/h4-6,12H,7-8H2,1-3H3,(H,18,19)(H,20,21). The molecule has 0 heterocycles. The second kappa shape index (κ2) is 7.14. The lowest BCUT2D eigenvalue weighted by molar-refractivity contribution is -0.138. The Labute approximate surface area is 134 Å². The van der Waals surface area contributed by atoms with E-state index in [0.29, 0.717) is 10.0 Å². The van der Waals surface area contributed by atoms with Crippen molar-refractivity contribution >= 4 is 35.1 Å². The van der Waals surface area contributed by atoms with E-state index in [1.54, 1.807) is 18.2 Å².